The molecule has 0 aromatic heterocycles. The molecular weight excluding hydrogens is 286 g/mol. The van der Waals surface area contributed by atoms with Gasteiger partial charge in [0.05, 0.1) is 12.8 Å². The summed E-state index contributed by atoms with van der Waals surface area (Å²) in [5, 5.41) is 3.11. The van der Waals surface area contributed by atoms with Crippen molar-refractivity contribution in [2.24, 2.45) is 0 Å². The third-order valence-electron chi connectivity index (χ3n) is 3.45. The van der Waals surface area contributed by atoms with Crippen LogP contribution in [0.3, 0.4) is 0 Å². The molecule has 116 valence electrons. The zero-order chi connectivity index (χ0) is 15.7. The van der Waals surface area contributed by atoms with E-state index in [4.69, 9.17) is 14.2 Å². The maximum Gasteiger partial charge on any atom is 0.348 e. The molecule has 2 heterocycles. The molecule has 0 bridgehead atoms. The number of hydrogen-bond acceptors (Lipinski definition) is 6. The molecule has 2 aliphatic rings. The lowest BCUT2D eigenvalue weighted by atomic mass is 10.0. The van der Waals surface area contributed by atoms with Gasteiger partial charge in [0.25, 0.3) is 5.79 Å². The van der Waals surface area contributed by atoms with Gasteiger partial charge in [-0.1, -0.05) is 24.3 Å². The number of carbonyl (C=O) groups excluding carboxylic acids is 2. The van der Waals surface area contributed by atoms with Crippen LogP contribution in [0.2, 0.25) is 0 Å². The summed E-state index contributed by atoms with van der Waals surface area (Å²) in [4.78, 5) is 23.8. The second kappa shape index (κ2) is 5.55. The Morgan fingerprint density at radius 1 is 1.14 bits per heavy atom. The molecular formula is C16H17NO5. The normalized spacial score (nSPS) is 23.9. The summed E-state index contributed by atoms with van der Waals surface area (Å²) in [6.07, 6.45) is 1.50. The highest BCUT2D eigenvalue weighted by atomic mass is 16.7. The first-order chi connectivity index (χ1) is 10.4. The van der Waals surface area contributed by atoms with Crippen molar-refractivity contribution in [3.63, 3.8) is 0 Å². The molecule has 0 spiro atoms. The molecule has 1 aromatic carbocycles. The number of benzene rings is 1. The number of esters is 2. The van der Waals surface area contributed by atoms with Crippen molar-refractivity contribution < 1.29 is 23.8 Å². The van der Waals surface area contributed by atoms with E-state index < -0.39 is 17.7 Å². The highest BCUT2D eigenvalue weighted by Gasteiger charge is 2.38. The van der Waals surface area contributed by atoms with E-state index in [9.17, 15) is 9.59 Å². The van der Waals surface area contributed by atoms with E-state index in [1.807, 2.05) is 24.3 Å². The highest BCUT2D eigenvalue weighted by Crippen LogP contribution is 2.25. The molecule has 6 nitrogen and oxygen atoms in total. The minimum Gasteiger partial charge on any atom is -0.419 e. The Morgan fingerprint density at radius 2 is 1.77 bits per heavy atom. The molecule has 1 N–H and O–H groups in total. The molecule has 0 aliphatic carbocycles. The molecule has 2 fully saturated rings. The molecule has 3 rings (SSSR count). The second-order valence-electron chi connectivity index (χ2n) is 5.66. The van der Waals surface area contributed by atoms with Crippen LogP contribution in [0.5, 0.6) is 0 Å². The van der Waals surface area contributed by atoms with Crippen molar-refractivity contribution in [2.75, 3.05) is 13.3 Å². The van der Waals surface area contributed by atoms with Gasteiger partial charge in [-0.2, -0.15) is 0 Å². The SMILES string of the molecule is CC1(C)OC(=O)C(=Cc2ccc(C3CNCO3)cc2)C(=O)O1. The van der Waals surface area contributed by atoms with Crippen LogP contribution in [0.4, 0.5) is 0 Å². The zero-order valence-corrected chi connectivity index (χ0v) is 12.4. The Kier molecular flexibility index (Phi) is 3.72. The third-order valence-corrected chi connectivity index (χ3v) is 3.45. The number of cyclic esters (lactones) is 2. The lowest BCUT2D eigenvalue weighted by Crippen LogP contribution is -2.41. The Labute approximate surface area is 128 Å². The Morgan fingerprint density at radius 3 is 2.32 bits per heavy atom. The molecule has 1 aromatic rings. The number of hydrogen-bond donors (Lipinski definition) is 1. The Balaban J connectivity index is 1.79. The number of nitrogens with one attached hydrogen (secondary N) is 1. The first kappa shape index (κ1) is 14.7. The molecule has 2 saturated heterocycles. The van der Waals surface area contributed by atoms with Crippen LogP contribution < -0.4 is 5.32 Å². The van der Waals surface area contributed by atoms with Crippen LogP contribution in [-0.2, 0) is 23.8 Å². The van der Waals surface area contributed by atoms with Gasteiger partial charge < -0.3 is 14.2 Å². The Bertz CT molecular complexity index is 604. The van der Waals surface area contributed by atoms with Crippen molar-refractivity contribution in [2.45, 2.75) is 25.7 Å². The van der Waals surface area contributed by atoms with Crippen molar-refractivity contribution in [3.8, 4) is 0 Å². The summed E-state index contributed by atoms with van der Waals surface area (Å²) >= 11 is 0. The minimum atomic E-state index is -1.22. The van der Waals surface area contributed by atoms with Crippen LogP contribution in [0.15, 0.2) is 29.8 Å². The van der Waals surface area contributed by atoms with Gasteiger partial charge in [-0.3, -0.25) is 5.32 Å². The van der Waals surface area contributed by atoms with Crippen LogP contribution >= 0.6 is 0 Å². The van der Waals surface area contributed by atoms with E-state index in [2.05, 4.69) is 5.32 Å². The van der Waals surface area contributed by atoms with E-state index in [1.54, 1.807) is 0 Å². The number of ether oxygens (including phenoxy) is 3. The van der Waals surface area contributed by atoms with Gasteiger partial charge in [0.2, 0.25) is 0 Å². The van der Waals surface area contributed by atoms with Crippen LogP contribution in [0, 0.1) is 0 Å². The van der Waals surface area contributed by atoms with Gasteiger partial charge in [-0.25, -0.2) is 9.59 Å². The van der Waals surface area contributed by atoms with E-state index >= 15 is 0 Å². The Hall–Kier alpha value is -2.18. The second-order valence-corrected chi connectivity index (χ2v) is 5.66. The number of rotatable bonds is 2. The van der Waals surface area contributed by atoms with E-state index in [0.717, 1.165) is 17.7 Å². The molecule has 1 atom stereocenters. The summed E-state index contributed by atoms with van der Waals surface area (Å²) in [6.45, 7) is 4.35. The fraction of sp³-hybridized carbons (Fsp3) is 0.375. The third kappa shape index (κ3) is 3.03. The zero-order valence-electron chi connectivity index (χ0n) is 12.4. The number of carbonyl (C=O) groups is 2. The van der Waals surface area contributed by atoms with E-state index in [1.165, 1.54) is 19.9 Å². The van der Waals surface area contributed by atoms with Crippen LogP contribution in [-0.4, -0.2) is 31.0 Å². The van der Waals surface area contributed by atoms with Crippen LogP contribution in [0.1, 0.15) is 31.1 Å². The fourth-order valence-electron chi connectivity index (χ4n) is 2.37. The van der Waals surface area contributed by atoms with Crippen molar-refractivity contribution in [1.82, 2.24) is 5.32 Å². The molecule has 22 heavy (non-hydrogen) atoms. The van der Waals surface area contributed by atoms with Crippen molar-refractivity contribution >= 4 is 18.0 Å². The highest BCUT2D eigenvalue weighted by molar-refractivity contribution is 6.18. The van der Waals surface area contributed by atoms with Gasteiger partial charge in [0.1, 0.15) is 5.57 Å². The lowest BCUT2D eigenvalue weighted by molar-refractivity contribution is -0.222. The molecule has 2 aliphatic heterocycles. The predicted octanol–water partition coefficient (Wildman–Crippen LogP) is 1.52. The molecule has 1 unspecified atom stereocenters. The molecule has 6 heteroatoms. The van der Waals surface area contributed by atoms with Gasteiger partial charge >= 0.3 is 11.9 Å². The maximum absolute atomic E-state index is 11.9. The summed E-state index contributed by atoms with van der Waals surface area (Å²) in [6, 6.07) is 7.47. The predicted molar refractivity (Wildman–Crippen MR) is 77.4 cm³/mol. The van der Waals surface area contributed by atoms with Crippen molar-refractivity contribution in [3.05, 3.63) is 41.0 Å². The lowest BCUT2D eigenvalue weighted by Gasteiger charge is -2.29. The van der Waals surface area contributed by atoms with Gasteiger partial charge in [-0.15, -0.1) is 0 Å². The molecule has 0 radical (unpaired) electrons. The average Bonchev–Trinajstić information content (AvgIpc) is 2.97. The topological polar surface area (TPSA) is 73.9 Å². The van der Waals surface area contributed by atoms with Gasteiger partial charge in [0.15, 0.2) is 0 Å². The van der Waals surface area contributed by atoms with Crippen LogP contribution in [0.25, 0.3) is 6.08 Å². The summed E-state index contributed by atoms with van der Waals surface area (Å²) < 4.78 is 15.6. The standard InChI is InChI=1S/C16H17NO5/c1-16(2)21-14(18)12(15(19)22-16)7-10-3-5-11(6-4-10)13-8-17-9-20-13/h3-7,13,17H,8-9H2,1-2H3. The monoisotopic (exact) mass is 303 g/mol. The van der Waals surface area contributed by atoms with Gasteiger partial charge in [-0.05, 0) is 17.2 Å². The first-order valence-electron chi connectivity index (χ1n) is 7.05. The fourth-order valence-corrected chi connectivity index (χ4v) is 2.37. The molecule has 0 amide bonds. The summed E-state index contributed by atoms with van der Waals surface area (Å²) in [5.41, 5.74) is 1.66. The summed E-state index contributed by atoms with van der Waals surface area (Å²) in [5.74, 6) is -2.57. The first-order valence-corrected chi connectivity index (χ1v) is 7.05. The minimum absolute atomic E-state index is 0.0344. The van der Waals surface area contributed by atoms with E-state index in [0.29, 0.717) is 6.73 Å². The maximum atomic E-state index is 11.9. The molecule has 0 saturated carbocycles. The van der Waals surface area contributed by atoms with E-state index in [-0.39, 0.29) is 11.7 Å². The quantitative estimate of drug-likeness (QED) is 0.507. The smallest absolute Gasteiger partial charge is 0.348 e. The average molecular weight is 303 g/mol. The largest absolute Gasteiger partial charge is 0.419 e. The van der Waals surface area contributed by atoms with Crippen molar-refractivity contribution in [1.29, 1.82) is 0 Å². The summed E-state index contributed by atoms with van der Waals surface area (Å²) in [7, 11) is 0. The van der Waals surface area contributed by atoms with Gasteiger partial charge in [0, 0.05) is 20.4 Å².